The van der Waals surface area contributed by atoms with Gasteiger partial charge in [0, 0.05) is 18.3 Å². The minimum Gasteiger partial charge on any atom is -0.468 e. The van der Waals surface area contributed by atoms with E-state index in [0.29, 0.717) is 12.5 Å². The first-order valence-corrected chi connectivity index (χ1v) is 6.45. The van der Waals surface area contributed by atoms with Gasteiger partial charge < -0.3 is 10.1 Å². The van der Waals surface area contributed by atoms with Gasteiger partial charge in [0.15, 0.2) is 0 Å². The Labute approximate surface area is 108 Å². The number of ether oxygens (including phenoxy) is 1. The Bertz CT molecular complexity index is 424. The number of hydrogen-bond acceptors (Lipinski definition) is 4. The predicted molar refractivity (Wildman–Crippen MR) is 68.3 cm³/mol. The number of nitrogens with one attached hydrogen (secondary N) is 1. The molecule has 1 unspecified atom stereocenters. The summed E-state index contributed by atoms with van der Waals surface area (Å²) in [5.41, 5.74) is 2.14. The molecule has 5 nitrogen and oxygen atoms in total. The highest BCUT2D eigenvalue weighted by atomic mass is 16.5. The standard InChI is InChI=1S/C13H21N3O2/c1-9-8-10(2)16(15-9)7-6-12(13(17)18-3)14-11-4-5-11/h8,11-12,14H,4-7H2,1-3H3. The van der Waals surface area contributed by atoms with Gasteiger partial charge in [-0.05, 0) is 39.2 Å². The first-order valence-electron chi connectivity index (χ1n) is 6.45. The van der Waals surface area contributed by atoms with Gasteiger partial charge in [-0.2, -0.15) is 5.10 Å². The van der Waals surface area contributed by atoms with E-state index in [2.05, 4.69) is 10.4 Å². The van der Waals surface area contributed by atoms with Gasteiger partial charge >= 0.3 is 5.97 Å². The second-order valence-corrected chi connectivity index (χ2v) is 4.96. The molecule has 0 saturated heterocycles. The zero-order chi connectivity index (χ0) is 13.1. The van der Waals surface area contributed by atoms with E-state index in [4.69, 9.17) is 4.74 Å². The monoisotopic (exact) mass is 251 g/mol. The molecule has 0 radical (unpaired) electrons. The lowest BCUT2D eigenvalue weighted by Gasteiger charge is -2.16. The van der Waals surface area contributed by atoms with E-state index in [9.17, 15) is 4.79 Å². The minimum absolute atomic E-state index is 0.177. The van der Waals surface area contributed by atoms with Crippen molar-refractivity contribution in [2.45, 2.75) is 51.7 Å². The van der Waals surface area contributed by atoms with Crippen LogP contribution in [0.4, 0.5) is 0 Å². The summed E-state index contributed by atoms with van der Waals surface area (Å²) in [6.45, 7) is 4.74. The molecule has 1 aliphatic carbocycles. The molecule has 18 heavy (non-hydrogen) atoms. The average Bonchev–Trinajstić information content (AvgIpc) is 3.09. The van der Waals surface area contributed by atoms with Gasteiger partial charge in [0.05, 0.1) is 12.8 Å². The van der Waals surface area contributed by atoms with Crippen molar-refractivity contribution in [3.63, 3.8) is 0 Å². The number of methoxy groups -OCH3 is 1. The highest BCUT2D eigenvalue weighted by molar-refractivity contribution is 5.75. The van der Waals surface area contributed by atoms with E-state index in [1.54, 1.807) is 0 Å². The van der Waals surface area contributed by atoms with Gasteiger partial charge in [-0.3, -0.25) is 9.48 Å². The molecule has 1 heterocycles. The summed E-state index contributed by atoms with van der Waals surface area (Å²) in [7, 11) is 1.44. The van der Waals surface area contributed by atoms with Gasteiger partial charge in [-0.25, -0.2) is 0 Å². The Balaban J connectivity index is 1.91. The highest BCUT2D eigenvalue weighted by Crippen LogP contribution is 2.20. The van der Waals surface area contributed by atoms with Crippen LogP contribution in [-0.4, -0.2) is 34.9 Å². The SMILES string of the molecule is COC(=O)C(CCn1nc(C)cc1C)NC1CC1. The lowest BCUT2D eigenvalue weighted by atomic mass is 10.2. The minimum atomic E-state index is -0.216. The topological polar surface area (TPSA) is 56.2 Å². The third-order valence-corrected chi connectivity index (χ3v) is 3.23. The number of esters is 1. The van der Waals surface area contributed by atoms with Crippen LogP contribution in [0.1, 0.15) is 30.7 Å². The maximum Gasteiger partial charge on any atom is 0.322 e. The number of hydrogen-bond donors (Lipinski definition) is 1. The van der Waals surface area contributed by atoms with E-state index in [-0.39, 0.29) is 12.0 Å². The van der Waals surface area contributed by atoms with Crippen LogP contribution in [0.25, 0.3) is 0 Å². The van der Waals surface area contributed by atoms with Crippen LogP contribution in [0.2, 0.25) is 0 Å². The molecule has 1 fully saturated rings. The molecule has 1 N–H and O–H groups in total. The zero-order valence-electron chi connectivity index (χ0n) is 11.3. The summed E-state index contributed by atoms with van der Waals surface area (Å²) < 4.78 is 6.78. The fraction of sp³-hybridized carbons (Fsp3) is 0.692. The van der Waals surface area contributed by atoms with Crippen LogP contribution >= 0.6 is 0 Å². The number of rotatable bonds is 6. The Hall–Kier alpha value is -1.36. The fourth-order valence-corrected chi connectivity index (χ4v) is 2.10. The maximum atomic E-state index is 11.7. The number of aromatic nitrogens is 2. The quantitative estimate of drug-likeness (QED) is 0.771. The lowest BCUT2D eigenvalue weighted by Crippen LogP contribution is -2.39. The van der Waals surface area contributed by atoms with Crippen molar-refractivity contribution >= 4 is 5.97 Å². The first kappa shape index (κ1) is 13.1. The van der Waals surface area contributed by atoms with Crippen molar-refractivity contribution < 1.29 is 9.53 Å². The first-order chi connectivity index (χ1) is 8.60. The van der Waals surface area contributed by atoms with Gasteiger partial charge in [0.1, 0.15) is 6.04 Å². The molecule has 1 aromatic heterocycles. The van der Waals surface area contributed by atoms with Gasteiger partial charge in [0.25, 0.3) is 0 Å². The number of aryl methyl sites for hydroxylation is 3. The molecule has 1 aliphatic rings. The number of carbonyl (C=O) groups is 1. The van der Waals surface area contributed by atoms with E-state index in [1.165, 1.54) is 7.11 Å². The molecule has 0 aromatic carbocycles. The lowest BCUT2D eigenvalue weighted by molar-refractivity contribution is -0.143. The summed E-state index contributed by atoms with van der Waals surface area (Å²) >= 11 is 0. The third-order valence-electron chi connectivity index (χ3n) is 3.23. The summed E-state index contributed by atoms with van der Waals surface area (Å²) in [6, 6.07) is 2.32. The summed E-state index contributed by atoms with van der Waals surface area (Å²) in [4.78, 5) is 11.7. The van der Waals surface area contributed by atoms with Crippen molar-refractivity contribution in [3.8, 4) is 0 Å². The summed E-state index contributed by atoms with van der Waals surface area (Å²) in [6.07, 6.45) is 3.03. The average molecular weight is 251 g/mol. The molecule has 5 heteroatoms. The van der Waals surface area contributed by atoms with Crippen molar-refractivity contribution in [1.82, 2.24) is 15.1 Å². The van der Waals surface area contributed by atoms with Crippen LogP contribution in [0.15, 0.2) is 6.07 Å². The van der Waals surface area contributed by atoms with E-state index >= 15 is 0 Å². The van der Waals surface area contributed by atoms with E-state index in [1.807, 2.05) is 24.6 Å². The molecule has 1 saturated carbocycles. The van der Waals surface area contributed by atoms with Crippen molar-refractivity contribution in [2.24, 2.45) is 0 Å². The third kappa shape index (κ3) is 3.32. The summed E-state index contributed by atoms with van der Waals surface area (Å²) in [5.74, 6) is -0.177. The second kappa shape index (κ2) is 5.52. The Morgan fingerprint density at radius 1 is 1.61 bits per heavy atom. The van der Waals surface area contributed by atoms with Crippen LogP contribution in [0, 0.1) is 13.8 Å². The van der Waals surface area contributed by atoms with Crippen LogP contribution in [0.3, 0.4) is 0 Å². The van der Waals surface area contributed by atoms with Gasteiger partial charge in [-0.1, -0.05) is 0 Å². The molecular formula is C13H21N3O2. The molecule has 1 atom stereocenters. The zero-order valence-corrected chi connectivity index (χ0v) is 11.3. The maximum absolute atomic E-state index is 11.7. The van der Waals surface area contributed by atoms with E-state index < -0.39 is 0 Å². The molecule has 0 aliphatic heterocycles. The molecule has 0 bridgehead atoms. The predicted octanol–water partition coefficient (Wildman–Crippen LogP) is 1.18. The molecule has 1 aromatic rings. The molecular weight excluding hydrogens is 230 g/mol. The molecule has 100 valence electrons. The van der Waals surface area contributed by atoms with Crippen molar-refractivity contribution in [1.29, 1.82) is 0 Å². The summed E-state index contributed by atoms with van der Waals surface area (Å²) in [5, 5.41) is 7.72. The van der Waals surface area contributed by atoms with Crippen LogP contribution < -0.4 is 5.32 Å². The Morgan fingerprint density at radius 2 is 2.33 bits per heavy atom. The second-order valence-electron chi connectivity index (χ2n) is 4.96. The highest BCUT2D eigenvalue weighted by Gasteiger charge is 2.28. The molecule has 0 amide bonds. The normalized spacial score (nSPS) is 16.6. The van der Waals surface area contributed by atoms with E-state index in [0.717, 1.165) is 30.8 Å². The number of carbonyl (C=O) groups excluding carboxylic acids is 1. The van der Waals surface area contributed by atoms with Crippen molar-refractivity contribution in [3.05, 3.63) is 17.5 Å². The molecule has 2 rings (SSSR count). The van der Waals surface area contributed by atoms with Crippen LogP contribution in [0.5, 0.6) is 0 Å². The fourth-order valence-electron chi connectivity index (χ4n) is 2.10. The largest absolute Gasteiger partial charge is 0.468 e. The molecule has 0 spiro atoms. The number of nitrogens with zero attached hydrogens (tertiary/aromatic N) is 2. The Morgan fingerprint density at radius 3 is 2.83 bits per heavy atom. The van der Waals surface area contributed by atoms with Crippen molar-refractivity contribution in [2.75, 3.05) is 7.11 Å². The Kier molecular flexibility index (Phi) is 4.01. The van der Waals surface area contributed by atoms with Gasteiger partial charge in [0.2, 0.25) is 0 Å². The van der Waals surface area contributed by atoms with Crippen LogP contribution in [-0.2, 0) is 16.1 Å². The van der Waals surface area contributed by atoms with Gasteiger partial charge in [-0.15, -0.1) is 0 Å². The smallest absolute Gasteiger partial charge is 0.322 e.